The molecule has 0 heterocycles. The van der Waals surface area contributed by atoms with E-state index in [4.69, 9.17) is 11.6 Å². The van der Waals surface area contributed by atoms with Crippen molar-refractivity contribution >= 4 is 28.3 Å². The molecule has 106 valence electrons. The van der Waals surface area contributed by atoms with Gasteiger partial charge < -0.3 is 5.32 Å². The zero-order valence-corrected chi connectivity index (χ0v) is 12.7. The molecule has 3 heteroatoms. The molecule has 2 nitrogen and oxygen atoms in total. The Kier molecular flexibility index (Phi) is 5.02. The van der Waals surface area contributed by atoms with Crippen LogP contribution >= 0.6 is 11.6 Å². The Hall–Kier alpha value is -1.54. The summed E-state index contributed by atoms with van der Waals surface area (Å²) in [4.78, 5) is 12.4. The van der Waals surface area contributed by atoms with E-state index < -0.39 is 0 Å². The molecule has 1 amide bonds. The molecule has 2 rings (SSSR count). The highest BCUT2D eigenvalue weighted by Gasteiger charge is 2.15. The highest BCUT2D eigenvalue weighted by molar-refractivity contribution is 6.18. The van der Waals surface area contributed by atoms with Crippen molar-refractivity contribution < 1.29 is 4.79 Å². The summed E-state index contributed by atoms with van der Waals surface area (Å²) in [5.74, 6) is 0.897. The lowest BCUT2D eigenvalue weighted by Crippen LogP contribution is -2.37. The second-order valence-electron chi connectivity index (χ2n) is 5.48. The van der Waals surface area contributed by atoms with Gasteiger partial charge in [-0.15, -0.1) is 11.6 Å². The number of carbonyl (C=O) groups excluding carboxylic acids is 1. The van der Waals surface area contributed by atoms with Gasteiger partial charge in [0.2, 0.25) is 0 Å². The first-order chi connectivity index (χ1) is 9.61. The largest absolute Gasteiger partial charge is 0.348 e. The minimum atomic E-state index is -0.0481. The number of halogens is 1. The minimum Gasteiger partial charge on any atom is -0.348 e. The molecule has 0 radical (unpaired) electrons. The van der Waals surface area contributed by atoms with Crippen molar-refractivity contribution in [3.63, 3.8) is 0 Å². The molecule has 20 heavy (non-hydrogen) atoms. The van der Waals surface area contributed by atoms with Crippen LogP contribution in [0.15, 0.2) is 42.5 Å². The second-order valence-corrected chi connectivity index (χ2v) is 5.79. The van der Waals surface area contributed by atoms with E-state index in [1.54, 1.807) is 0 Å². The monoisotopic (exact) mass is 289 g/mol. The molecule has 2 aromatic rings. The molecule has 0 bridgehead atoms. The van der Waals surface area contributed by atoms with Gasteiger partial charge in [0.1, 0.15) is 0 Å². The number of hydrogen-bond donors (Lipinski definition) is 1. The Morgan fingerprint density at radius 3 is 2.55 bits per heavy atom. The molecule has 1 unspecified atom stereocenters. The van der Waals surface area contributed by atoms with Crippen molar-refractivity contribution in [1.29, 1.82) is 0 Å². The van der Waals surface area contributed by atoms with Crippen molar-refractivity contribution in [3.8, 4) is 0 Å². The Morgan fingerprint density at radius 2 is 1.85 bits per heavy atom. The topological polar surface area (TPSA) is 29.1 Å². The third-order valence-electron chi connectivity index (χ3n) is 3.31. The molecular weight excluding hydrogens is 270 g/mol. The van der Waals surface area contributed by atoms with Gasteiger partial charge in [-0.2, -0.15) is 0 Å². The third kappa shape index (κ3) is 3.51. The Labute approximate surface area is 125 Å². The SMILES string of the molecule is CC(C)CC(CCl)NC(=O)c1cccc2ccccc12. The third-order valence-corrected chi connectivity index (χ3v) is 3.68. The summed E-state index contributed by atoms with van der Waals surface area (Å²) in [5, 5.41) is 5.09. The van der Waals surface area contributed by atoms with Crippen molar-refractivity contribution in [2.24, 2.45) is 5.92 Å². The highest BCUT2D eigenvalue weighted by Crippen LogP contribution is 2.19. The number of rotatable bonds is 5. The lowest BCUT2D eigenvalue weighted by molar-refractivity contribution is 0.0938. The van der Waals surface area contributed by atoms with Gasteiger partial charge in [-0.1, -0.05) is 50.2 Å². The van der Waals surface area contributed by atoms with E-state index in [1.807, 2.05) is 42.5 Å². The van der Waals surface area contributed by atoms with E-state index >= 15 is 0 Å². The fourth-order valence-corrected chi connectivity index (χ4v) is 2.62. The van der Waals surface area contributed by atoms with E-state index in [1.165, 1.54) is 0 Å². The molecule has 2 aromatic carbocycles. The van der Waals surface area contributed by atoms with E-state index in [0.717, 1.165) is 17.2 Å². The quantitative estimate of drug-likeness (QED) is 0.820. The maximum atomic E-state index is 12.4. The van der Waals surface area contributed by atoms with Crippen molar-refractivity contribution in [1.82, 2.24) is 5.32 Å². The Bertz CT molecular complexity index is 589. The maximum absolute atomic E-state index is 12.4. The molecule has 0 saturated heterocycles. The second kappa shape index (κ2) is 6.76. The van der Waals surface area contributed by atoms with Crippen LogP contribution in [0.3, 0.4) is 0 Å². The van der Waals surface area contributed by atoms with Crippen LogP contribution in [-0.4, -0.2) is 17.8 Å². The van der Waals surface area contributed by atoms with Gasteiger partial charge in [0.05, 0.1) is 0 Å². The predicted octanol–water partition coefficient (Wildman–Crippen LogP) is 4.22. The molecule has 0 saturated carbocycles. The number of alkyl halides is 1. The Morgan fingerprint density at radius 1 is 1.15 bits per heavy atom. The van der Waals surface area contributed by atoms with E-state index in [9.17, 15) is 4.79 Å². The van der Waals surface area contributed by atoms with Crippen LogP contribution in [-0.2, 0) is 0 Å². The van der Waals surface area contributed by atoms with Crippen LogP contribution < -0.4 is 5.32 Å². The highest BCUT2D eigenvalue weighted by atomic mass is 35.5. The Balaban J connectivity index is 2.23. The molecule has 0 aliphatic carbocycles. The molecule has 0 aliphatic rings. The first kappa shape index (κ1) is 14.9. The lowest BCUT2D eigenvalue weighted by atomic mass is 10.0. The fraction of sp³-hybridized carbons (Fsp3) is 0.353. The predicted molar refractivity (Wildman–Crippen MR) is 85.4 cm³/mol. The summed E-state index contributed by atoms with van der Waals surface area (Å²) in [5.41, 5.74) is 0.710. The van der Waals surface area contributed by atoms with Gasteiger partial charge in [0.15, 0.2) is 0 Å². The van der Waals surface area contributed by atoms with Crippen LogP contribution in [0.4, 0.5) is 0 Å². The summed E-state index contributed by atoms with van der Waals surface area (Å²) in [6.07, 6.45) is 0.889. The summed E-state index contributed by atoms with van der Waals surface area (Å²) in [7, 11) is 0. The molecule has 1 N–H and O–H groups in total. The molecule has 1 atom stereocenters. The van der Waals surface area contributed by atoms with Gasteiger partial charge in [0, 0.05) is 17.5 Å². The number of nitrogens with one attached hydrogen (secondary N) is 1. The average molecular weight is 290 g/mol. The molecule has 0 aliphatic heterocycles. The van der Waals surface area contributed by atoms with Crippen molar-refractivity contribution in [2.45, 2.75) is 26.3 Å². The first-order valence-electron chi connectivity index (χ1n) is 6.96. The van der Waals surface area contributed by atoms with Crippen LogP contribution in [0.2, 0.25) is 0 Å². The van der Waals surface area contributed by atoms with Crippen LogP contribution in [0.1, 0.15) is 30.6 Å². The zero-order valence-electron chi connectivity index (χ0n) is 11.9. The number of amides is 1. The smallest absolute Gasteiger partial charge is 0.252 e. The van der Waals surface area contributed by atoms with Gasteiger partial charge in [-0.25, -0.2) is 0 Å². The molecule has 0 aromatic heterocycles. The standard InChI is InChI=1S/C17H20ClNO/c1-12(2)10-14(11-18)19-17(20)16-9-5-7-13-6-3-4-8-15(13)16/h3-9,12,14H,10-11H2,1-2H3,(H,19,20). The van der Waals surface area contributed by atoms with Gasteiger partial charge in [-0.05, 0) is 29.2 Å². The zero-order chi connectivity index (χ0) is 14.5. The van der Waals surface area contributed by atoms with Gasteiger partial charge in [0.25, 0.3) is 5.91 Å². The van der Waals surface area contributed by atoms with Crippen LogP contribution in [0, 0.1) is 5.92 Å². The average Bonchev–Trinajstić information content (AvgIpc) is 2.45. The fourth-order valence-electron chi connectivity index (χ4n) is 2.42. The maximum Gasteiger partial charge on any atom is 0.252 e. The van der Waals surface area contributed by atoms with Crippen molar-refractivity contribution in [3.05, 3.63) is 48.0 Å². The van der Waals surface area contributed by atoms with Crippen LogP contribution in [0.5, 0.6) is 0 Å². The number of benzene rings is 2. The molecule has 0 spiro atoms. The molecular formula is C17H20ClNO. The summed E-state index contributed by atoms with van der Waals surface area (Å²) in [6.45, 7) is 4.26. The van der Waals surface area contributed by atoms with Crippen molar-refractivity contribution in [2.75, 3.05) is 5.88 Å². The number of fused-ring (bicyclic) bond motifs is 1. The number of carbonyl (C=O) groups is 1. The minimum absolute atomic E-state index is 0.0168. The van der Waals surface area contributed by atoms with E-state index in [-0.39, 0.29) is 11.9 Å². The first-order valence-corrected chi connectivity index (χ1v) is 7.50. The summed E-state index contributed by atoms with van der Waals surface area (Å²) in [6, 6.07) is 13.7. The normalized spacial score (nSPS) is 12.6. The van der Waals surface area contributed by atoms with Gasteiger partial charge >= 0.3 is 0 Å². The van der Waals surface area contributed by atoms with Gasteiger partial charge in [-0.3, -0.25) is 4.79 Å². The molecule has 0 fully saturated rings. The summed E-state index contributed by atoms with van der Waals surface area (Å²) >= 11 is 5.95. The van der Waals surface area contributed by atoms with E-state index in [0.29, 0.717) is 17.4 Å². The summed E-state index contributed by atoms with van der Waals surface area (Å²) < 4.78 is 0. The number of hydrogen-bond acceptors (Lipinski definition) is 1. The van der Waals surface area contributed by atoms with Crippen LogP contribution in [0.25, 0.3) is 10.8 Å². The van der Waals surface area contributed by atoms with E-state index in [2.05, 4.69) is 19.2 Å². The lowest BCUT2D eigenvalue weighted by Gasteiger charge is -2.18.